The molecule has 9 nitrogen and oxygen atoms in total. The van der Waals surface area contributed by atoms with Gasteiger partial charge in [0.15, 0.2) is 11.6 Å². The summed E-state index contributed by atoms with van der Waals surface area (Å²) in [7, 11) is 0. The average Bonchev–Trinajstić information content (AvgIpc) is 3.17. The van der Waals surface area contributed by atoms with Gasteiger partial charge in [-0.05, 0) is 30.7 Å². The van der Waals surface area contributed by atoms with Gasteiger partial charge >= 0.3 is 0 Å². The summed E-state index contributed by atoms with van der Waals surface area (Å²) in [6.45, 7) is 1.93. The first-order valence-corrected chi connectivity index (χ1v) is 9.08. The maximum Gasteiger partial charge on any atom is 0.269 e. The molecule has 0 spiro atoms. The number of nitrogens with one attached hydrogen (secondary N) is 1. The molecule has 0 radical (unpaired) electrons. The monoisotopic (exact) mass is 399 g/mol. The summed E-state index contributed by atoms with van der Waals surface area (Å²) in [5, 5.41) is 19.4. The molecular weight excluding hydrogens is 382 g/mol. The van der Waals surface area contributed by atoms with E-state index in [0.29, 0.717) is 11.6 Å². The van der Waals surface area contributed by atoms with Crippen LogP contribution in [0.2, 0.25) is 0 Å². The Morgan fingerprint density at radius 1 is 1.07 bits per heavy atom. The number of hydrogen-bond acceptors (Lipinski definition) is 7. The largest absolute Gasteiger partial charge is 0.269 e. The van der Waals surface area contributed by atoms with E-state index < -0.39 is 4.92 Å². The van der Waals surface area contributed by atoms with Crippen LogP contribution < -0.4 is 5.43 Å². The Hall–Kier alpha value is -4.40. The van der Waals surface area contributed by atoms with Crippen molar-refractivity contribution in [1.29, 1.82) is 0 Å². The number of benzene rings is 2. The zero-order valence-corrected chi connectivity index (χ0v) is 16.0. The Morgan fingerprint density at radius 3 is 2.57 bits per heavy atom. The van der Waals surface area contributed by atoms with Crippen molar-refractivity contribution in [2.75, 3.05) is 5.43 Å². The van der Waals surface area contributed by atoms with Gasteiger partial charge in [-0.25, -0.2) is 14.6 Å². The van der Waals surface area contributed by atoms with Gasteiger partial charge < -0.3 is 0 Å². The normalized spacial score (nSPS) is 11.0. The highest BCUT2D eigenvalue weighted by molar-refractivity contribution is 5.80. The smallest absolute Gasteiger partial charge is 0.261 e. The summed E-state index contributed by atoms with van der Waals surface area (Å²) < 4.78 is 1.76. The lowest BCUT2D eigenvalue weighted by Crippen LogP contribution is -2.04. The predicted molar refractivity (Wildman–Crippen MR) is 114 cm³/mol. The molecule has 30 heavy (non-hydrogen) atoms. The lowest BCUT2D eigenvalue weighted by molar-refractivity contribution is -0.384. The SMILES string of the molecule is Cc1cc(-c2ccccc2)n(-c2cc(NN=Cc3ccc([N+](=O)[O-])cc3)ncn2)n1. The quantitative estimate of drug-likeness (QED) is 0.298. The summed E-state index contributed by atoms with van der Waals surface area (Å²) in [5.41, 5.74) is 6.43. The van der Waals surface area contributed by atoms with Crippen LogP contribution in [0.1, 0.15) is 11.3 Å². The fraction of sp³-hybridized carbons (Fsp3) is 0.0476. The second kappa shape index (κ2) is 8.31. The zero-order valence-electron chi connectivity index (χ0n) is 16.0. The molecule has 0 aliphatic rings. The number of aryl methyl sites for hydroxylation is 1. The Bertz CT molecular complexity index is 1200. The summed E-state index contributed by atoms with van der Waals surface area (Å²) in [5.74, 6) is 1.09. The first kappa shape index (κ1) is 18.9. The molecule has 0 atom stereocenters. The number of hydrazone groups is 1. The molecular formula is C21H17N7O2. The zero-order chi connectivity index (χ0) is 20.9. The highest BCUT2D eigenvalue weighted by atomic mass is 16.6. The second-order valence-corrected chi connectivity index (χ2v) is 6.43. The van der Waals surface area contributed by atoms with Crippen LogP contribution in [0.25, 0.3) is 17.1 Å². The standard InChI is InChI=1S/C21H17N7O2/c1-15-11-19(17-5-3-2-4-6-17)27(26-15)21-12-20(22-14-23-21)25-24-13-16-7-9-18(10-8-16)28(29)30/h2-14H,1H3,(H,22,23,25). The maximum atomic E-state index is 10.7. The lowest BCUT2D eigenvalue weighted by atomic mass is 10.1. The average molecular weight is 399 g/mol. The van der Waals surface area contributed by atoms with Crippen LogP contribution in [0, 0.1) is 17.0 Å². The summed E-state index contributed by atoms with van der Waals surface area (Å²) in [4.78, 5) is 18.8. The molecule has 4 rings (SSSR count). The Morgan fingerprint density at radius 2 is 1.83 bits per heavy atom. The van der Waals surface area contributed by atoms with E-state index in [1.807, 2.05) is 43.3 Å². The number of rotatable bonds is 6. The van der Waals surface area contributed by atoms with Crippen molar-refractivity contribution in [3.8, 4) is 17.1 Å². The Balaban J connectivity index is 1.55. The van der Waals surface area contributed by atoms with Crippen molar-refractivity contribution in [1.82, 2.24) is 19.7 Å². The van der Waals surface area contributed by atoms with E-state index in [1.165, 1.54) is 18.5 Å². The molecule has 0 fully saturated rings. The van der Waals surface area contributed by atoms with Crippen molar-refractivity contribution in [3.63, 3.8) is 0 Å². The van der Waals surface area contributed by atoms with Crippen LogP contribution in [-0.2, 0) is 0 Å². The number of hydrogen-bond donors (Lipinski definition) is 1. The summed E-state index contributed by atoms with van der Waals surface area (Å²) in [6, 6.07) is 19.8. The van der Waals surface area contributed by atoms with Gasteiger partial charge in [0.05, 0.1) is 22.5 Å². The molecule has 0 saturated carbocycles. The number of nitro groups is 1. The molecule has 2 aromatic heterocycles. The maximum absolute atomic E-state index is 10.7. The second-order valence-electron chi connectivity index (χ2n) is 6.43. The summed E-state index contributed by atoms with van der Waals surface area (Å²) in [6.07, 6.45) is 2.99. The van der Waals surface area contributed by atoms with E-state index in [0.717, 1.165) is 22.5 Å². The van der Waals surface area contributed by atoms with Crippen LogP contribution in [0.15, 0.2) is 78.2 Å². The van der Waals surface area contributed by atoms with Gasteiger partial charge in [-0.2, -0.15) is 10.2 Å². The van der Waals surface area contributed by atoms with Crippen LogP contribution in [-0.4, -0.2) is 30.9 Å². The molecule has 2 aromatic carbocycles. The molecule has 0 aliphatic heterocycles. The van der Waals surface area contributed by atoms with Gasteiger partial charge in [-0.1, -0.05) is 30.3 Å². The number of anilines is 1. The van der Waals surface area contributed by atoms with Crippen molar-refractivity contribution in [2.24, 2.45) is 5.10 Å². The molecule has 4 aromatic rings. The molecule has 0 bridgehead atoms. The van der Waals surface area contributed by atoms with Crippen LogP contribution >= 0.6 is 0 Å². The van der Waals surface area contributed by atoms with Crippen LogP contribution in [0.4, 0.5) is 11.5 Å². The van der Waals surface area contributed by atoms with Gasteiger partial charge in [0, 0.05) is 23.8 Å². The van der Waals surface area contributed by atoms with E-state index in [1.54, 1.807) is 29.1 Å². The Labute approximate surface area is 171 Å². The van der Waals surface area contributed by atoms with Gasteiger partial charge in [-0.3, -0.25) is 15.5 Å². The molecule has 2 heterocycles. The minimum Gasteiger partial charge on any atom is -0.261 e. The number of non-ortho nitro benzene ring substituents is 1. The molecule has 1 N–H and O–H groups in total. The molecule has 9 heteroatoms. The number of nitrogens with zero attached hydrogens (tertiary/aromatic N) is 6. The fourth-order valence-electron chi connectivity index (χ4n) is 2.87. The third-order valence-corrected chi connectivity index (χ3v) is 4.27. The molecule has 0 aliphatic carbocycles. The summed E-state index contributed by atoms with van der Waals surface area (Å²) >= 11 is 0. The van der Waals surface area contributed by atoms with E-state index >= 15 is 0 Å². The number of aromatic nitrogens is 4. The first-order chi connectivity index (χ1) is 14.6. The van der Waals surface area contributed by atoms with Gasteiger partial charge in [0.1, 0.15) is 6.33 Å². The van der Waals surface area contributed by atoms with Crippen molar-refractivity contribution in [3.05, 3.63) is 94.4 Å². The van der Waals surface area contributed by atoms with Crippen molar-refractivity contribution >= 4 is 17.7 Å². The Kier molecular flexibility index (Phi) is 5.25. The highest BCUT2D eigenvalue weighted by Gasteiger charge is 2.11. The lowest BCUT2D eigenvalue weighted by Gasteiger charge is -2.07. The van der Waals surface area contributed by atoms with E-state index in [4.69, 9.17) is 0 Å². The van der Waals surface area contributed by atoms with Gasteiger partial charge in [0.25, 0.3) is 5.69 Å². The van der Waals surface area contributed by atoms with Crippen LogP contribution in [0.5, 0.6) is 0 Å². The van der Waals surface area contributed by atoms with Gasteiger partial charge in [-0.15, -0.1) is 0 Å². The molecule has 0 saturated heterocycles. The minimum atomic E-state index is -0.442. The minimum absolute atomic E-state index is 0.0317. The predicted octanol–water partition coefficient (Wildman–Crippen LogP) is 3.99. The third kappa shape index (κ3) is 4.20. The van der Waals surface area contributed by atoms with E-state index in [9.17, 15) is 10.1 Å². The van der Waals surface area contributed by atoms with Gasteiger partial charge in [0.2, 0.25) is 0 Å². The van der Waals surface area contributed by atoms with Crippen molar-refractivity contribution < 1.29 is 4.92 Å². The molecule has 0 unspecified atom stereocenters. The topological polar surface area (TPSA) is 111 Å². The van der Waals surface area contributed by atoms with Crippen molar-refractivity contribution in [2.45, 2.75) is 6.92 Å². The van der Waals surface area contributed by atoms with E-state index in [2.05, 4.69) is 25.6 Å². The third-order valence-electron chi connectivity index (χ3n) is 4.27. The first-order valence-electron chi connectivity index (χ1n) is 9.08. The molecule has 0 amide bonds. The van der Waals surface area contributed by atoms with Crippen LogP contribution in [0.3, 0.4) is 0 Å². The molecule has 148 valence electrons. The fourth-order valence-corrected chi connectivity index (χ4v) is 2.87. The highest BCUT2D eigenvalue weighted by Crippen LogP contribution is 2.23. The number of nitro benzene ring substituents is 1. The van der Waals surface area contributed by atoms with E-state index in [-0.39, 0.29) is 5.69 Å².